The van der Waals surface area contributed by atoms with E-state index >= 15 is 0 Å². The SMILES string of the molecule is Cc1ccccc1-c1ccc(=O)n(Cc2cccc(N)c2)n1. The number of nitrogens with zero attached hydrogens (tertiary/aromatic N) is 2. The molecule has 0 amide bonds. The molecule has 0 spiro atoms. The third kappa shape index (κ3) is 2.91. The van der Waals surface area contributed by atoms with E-state index in [1.807, 2.05) is 55.5 Å². The lowest BCUT2D eigenvalue weighted by Crippen LogP contribution is -2.22. The van der Waals surface area contributed by atoms with Gasteiger partial charge in [0.25, 0.3) is 5.56 Å². The predicted octanol–water partition coefficient (Wildman–Crippen LogP) is 2.85. The topological polar surface area (TPSA) is 60.9 Å². The second kappa shape index (κ2) is 5.85. The Morgan fingerprint density at radius 2 is 1.86 bits per heavy atom. The average Bonchev–Trinajstić information content (AvgIpc) is 2.50. The first-order valence-electron chi connectivity index (χ1n) is 7.12. The van der Waals surface area contributed by atoms with Crippen molar-refractivity contribution in [2.24, 2.45) is 0 Å². The third-order valence-corrected chi connectivity index (χ3v) is 3.57. The summed E-state index contributed by atoms with van der Waals surface area (Å²) in [5.41, 5.74) is 10.2. The number of nitrogen functional groups attached to an aromatic ring is 1. The molecule has 4 nitrogen and oxygen atoms in total. The monoisotopic (exact) mass is 291 g/mol. The predicted molar refractivity (Wildman–Crippen MR) is 88.6 cm³/mol. The van der Waals surface area contributed by atoms with Crippen molar-refractivity contribution in [3.05, 3.63) is 82.1 Å². The van der Waals surface area contributed by atoms with Gasteiger partial charge in [-0.05, 0) is 36.2 Å². The molecule has 22 heavy (non-hydrogen) atoms. The zero-order chi connectivity index (χ0) is 15.5. The van der Waals surface area contributed by atoms with Crippen LogP contribution in [-0.2, 0) is 6.54 Å². The molecule has 0 radical (unpaired) electrons. The van der Waals surface area contributed by atoms with Gasteiger partial charge >= 0.3 is 0 Å². The summed E-state index contributed by atoms with van der Waals surface area (Å²) in [6.45, 7) is 2.44. The van der Waals surface area contributed by atoms with Crippen LogP contribution in [0.2, 0.25) is 0 Å². The van der Waals surface area contributed by atoms with E-state index < -0.39 is 0 Å². The molecule has 3 rings (SSSR count). The first-order chi connectivity index (χ1) is 10.6. The number of hydrogen-bond acceptors (Lipinski definition) is 3. The quantitative estimate of drug-likeness (QED) is 0.755. The van der Waals surface area contributed by atoms with E-state index in [1.54, 1.807) is 12.1 Å². The van der Waals surface area contributed by atoms with Crippen molar-refractivity contribution in [1.29, 1.82) is 0 Å². The van der Waals surface area contributed by atoms with Crippen LogP contribution in [0, 0.1) is 6.92 Å². The number of rotatable bonds is 3. The van der Waals surface area contributed by atoms with E-state index in [0.717, 1.165) is 22.4 Å². The van der Waals surface area contributed by atoms with Gasteiger partial charge in [-0.1, -0.05) is 36.4 Å². The zero-order valence-corrected chi connectivity index (χ0v) is 12.4. The van der Waals surface area contributed by atoms with Gasteiger partial charge < -0.3 is 5.73 Å². The number of hydrogen-bond donors (Lipinski definition) is 1. The Morgan fingerprint density at radius 1 is 1.05 bits per heavy atom. The summed E-state index contributed by atoms with van der Waals surface area (Å²) in [7, 11) is 0. The number of anilines is 1. The minimum absolute atomic E-state index is 0.125. The van der Waals surface area contributed by atoms with Gasteiger partial charge in [-0.25, -0.2) is 4.68 Å². The van der Waals surface area contributed by atoms with Crippen molar-refractivity contribution in [2.45, 2.75) is 13.5 Å². The van der Waals surface area contributed by atoms with Gasteiger partial charge in [0, 0.05) is 17.3 Å². The normalized spacial score (nSPS) is 10.6. The molecule has 3 aromatic rings. The van der Waals surface area contributed by atoms with Crippen LogP contribution in [0.1, 0.15) is 11.1 Å². The van der Waals surface area contributed by atoms with Crippen LogP contribution >= 0.6 is 0 Å². The molecule has 0 fully saturated rings. The van der Waals surface area contributed by atoms with Gasteiger partial charge in [0.05, 0.1) is 12.2 Å². The fourth-order valence-corrected chi connectivity index (χ4v) is 2.43. The highest BCUT2D eigenvalue weighted by Gasteiger charge is 2.06. The molecular weight excluding hydrogens is 274 g/mol. The van der Waals surface area contributed by atoms with Crippen molar-refractivity contribution in [2.75, 3.05) is 5.73 Å². The molecule has 1 aromatic heterocycles. The molecule has 0 saturated carbocycles. The number of nitrogens with two attached hydrogens (primary N) is 1. The summed E-state index contributed by atoms with van der Waals surface area (Å²) < 4.78 is 1.47. The van der Waals surface area contributed by atoms with Crippen LogP contribution in [0.4, 0.5) is 5.69 Å². The van der Waals surface area contributed by atoms with Gasteiger partial charge in [-0.2, -0.15) is 5.10 Å². The van der Waals surface area contributed by atoms with Gasteiger partial charge in [-0.3, -0.25) is 4.79 Å². The summed E-state index contributed by atoms with van der Waals surface area (Å²) in [5, 5.41) is 4.49. The van der Waals surface area contributed by atoms with Gasteiger partial charge in [0.1, 0.15) is 0 Å². The first-order valence-corrected chi connectivity index (χ1v) is 7.12. The fourth-order valence-electron chi connectivity index (χ4n) is 2.43. The van der Waals surface area contributed by atoms with Crippen LogP contribution in [0.25, 0.3) is 11.3 Å². The number of aryl methyl sites for hydroxylation is 1. The highest BCUT2D eigenvalue weighted by molar-refractivity contribution is 5.62. The van der Waals surface area contributed by atoms with Crippen molar-refractivity contribution >= 4 is 5.69 Å². The van der Waals surface area contributed by atoms with E-state index in [-0.39, 0.29) is 5.56 Å². The Morgan fingerprint density at radius 3 is 2.64 bits per heavy atom. The average molecular weight is 291 g/mol. The minimum Gasteiger partial charge on any atom is -0.399 e. The van der Waals surface area contributed by atoms with E-state index in [0.29, 0.717) is 12.2 Å². The maximum Gasteiger partial charge on any atom is 0.267 e. The van der Waals surface area contributed by atoms with Crippen LogP contribution in [0.3, 0.4) is 0 Å². The van der Waals surface area contributed by atoms with Crippen molar-refractivity contribution in [3.63, 3.8) is 0 Å². The molecule has 110 valence electrons. The molecule has 2 aromatic carbocycles. The second-order valence-corrected chi connectivity index (χ2v) is 5.27. The second-order valence-electron chi connectivity index (χ2n) is 5.27. The Labute approximate surface area is 128 Å². The molecule has 0 bridgehead atoms. The molecule has 0 unspecified atom stereocenters. The molecule has 1 heterocycles. The Hall–Kier alpha value is -2.88. The third-order valence-electron chi connectivity index (χ3n) is 3.57. The smallest absolute Gasteiger partial charge is 0.267 e. The van der Waals surface area contributed by atoms with Gasteiger partial charge in [-0.15, -0.1) is 0 Å². The molecule has 4 heteroatoms. The minimum atomic E-state index is -0.125. The first kappa shape index (κ1) is 14.1. The van der Waals surface area contributed by atoms with Crippen LogP contribution in [-0.4, -0.2) is 9.78 Å². The molecule has 0 aliphatic carbocycles. The zero-order valence-electron chi connectivity index (χ0n) is 12.4. The summed E-state index contributed by atoms with van der Waals surface area (Å²) >= 11 is 0. The van der Waals surface area contributed by atoms with Crippen LogP contribution in [0.15, 0.2) is 65.5 Å². The number of benzene rings is 2. The van der Waals surface area contributed by atoms with Crippen molar-refractivity contribution in [3.8, 4) is 11.3 Å². The van der Waals surface area contributed by atoms with Gasteiger partial charge in [0.15, 0.2) is 0 Å². The van der Waals surface area contributed by atoms with E-state index in [2.05, 4.69) is 5.10 Å². The highest BCUT2D eigenvalue weighted by atomic mass is 16.1. The summed E-state index contributed by atoms with van der Waals surface area (Å²) in [6, 6.07) is 18.8. The lowest BCUT2D eigenvalue weighted by Gasteiger charge is -2.09. The van der Waals surface area contributed by atoms with Crippen LogP contribution in [0.5, 0.6) is 0 Å². The lowest BCUT2D eigenvalue weighted by atomic mass is 10.1. The fraction of sp³-hybridized carbons (Fsp3) is 0.111. The maximum absolute atomic E-state index is 12.0. The Balaban J connectivity index is 2.01. The standard InChI is InChI=1S/C18H17N3O/c1-13-5-2-3-8-16(13)17-9-10-18(22)21(20-17)12-14-6-4-7-15(19)11-14/h2-11H,12,19H2,1H3. The molecular formula is C18H17N3O. The van der Waals surface area contributed by atoms with E-state index in [1.165, 1.54) is 4.68 Å². The Kier molecular flexibility index (Phi) is 3.74. The summed E-state index contributed by atoms with van der Waals surface area (Å²) in [6.07, 6.45) is 0. The molecule has 0 saturated heterocycles. The van der Waals surface area contributed by atoms with E-state index in [4.69, 9.17) is 5.73 Å². The highest BCUT2D eigenvalue weighted by Crippen LogP contribution is 2.19. The van der Waals surface area contributed by atoms with Crippen molar-refractivity contribution in [1.82, 2.24) is 9.78 Å². The molecule has 0 aliphatic heterocycles. The Bertz CT molecular complexity index is 868. The molecule has 0 atom stereocenters. The molecule has 2 N–H and O–H groups in total. The van der Waals surface area contributed by atoms with Crippen molar-refractivity contribution < 1.29 is 0 Å². The van der Waals surface area contributed by atoms with E-state index in [9.17, 15) is 4.79 Å². The van der Waals surface area contributed by atoms with Gasteiger partial charge in [0.2, 0.25) is 0 Å². The molecule has 0 aliphatic rings. The lowest BCUT2D eigenvalue weighted by molar-refractivity contribution is 0.643. The van der Waals surface area contributed by atoms with Crippen LogP contribution < -0.4 is 11.3 Å². The largest absolute Gasteiger partial charge is 0.399 e. The maximum atomic E-state index is 12.0. The summed E-state index contributed by atoms with van der Waals surface area (Å²) in [5.74, 6) is 0. The summed E-state index contributed by atoms with van der Waals surface area (Å²) in [4.78, 5) is 12.0. The number of aromatic nitrogens is 2.